The lowest BCUT2D eigenvalue weighted by molar-refractivity contribution is -0.114. The molecule has 1 aromatic carbocycles. The molecule has 0 radical (unpaired) electrons. The van der Waals surface area contributed by atoms with Crippen molar-refractivity contribution in [3.05, 3.63) is 42.6 Å². The van der Waals surface area contributed by atoms with Gasteiger partial charge in [0, 0.05) is 24.9 Å². The molecule has 2 heterocycles. The molecule has 1 amide bonds. The van der Waals surface area contributed by atoms with Gasteiger partial charge in [0.05, 0.1) is 12.2 Å². The number of rotatable bonds is 2. The van der Waals surface area contributed by atoms with E-state index in [0.29, 0.717) is 6.54 Å². The first kappa shape index (κ1) is 14.4. The van der Waals surface area contributed by atoms with E-state index in [2.05, 4.69) is 15.2 Å². The van der Waals surface area contributed by atoms with E-state index in [4.69, 9.17) is 4.74 Å². The molecule has 1 aromatic heterocycles. The number of ether oxygens (including phenoxy) is 1. The third-order valence-corrected chi connectivity index (χ3v) is 3.42. The van der Waals surface area contributed by atoms with Crippen LogP contribution in [-0.2, 0) is 4.79 Å². The molecule has 114 valence electrons. The Labute approximate surface area is 129 Å². The van der Waals surface area contributed by atoms with Crippen LogP contribution in [0, 0.1) is 0 Å². The number of carbonyl (C=O) groups excluding carboxylic acids is 1. The topological polar surface area (TPSA) is 54.5 Å². The maximum absolute atomic E-state index is 11.2. The summed E-state index contributed by atoms with van der Waals surface area (Å²) in [7, 11) is 0. The van der Waals surface area contributed by atoms with Crippen molar-refractivity contribution in [2.45, 2.75) is 26.4 Å². The Morgan fingerprint density at radius 3 is 2.82 bits per heavy atom. The molecule has 1 aliphatic rings. The maximum atomic E-state index is 11.2. The quantitative estimate of drug-likeness (QED) is 0.923. The second kappa shape index (κ2) is 5.33. The van der Waals surface area contributed by atoms with Gasteiger partial charge < -0.3 is 15.0 Å². The summed E-state index contributed by atoms with van der Waals surface area (Å²) in [6, 6.07) is 11.5. The van der Waals surface area contributed by atoms with Gasteiger partial charge in [0.25, 0.3) is 0 Å². The summed E-state index contributed by atoms with van der Waals surface area (Å²) in [6.07, 6.45) is 1.78. The molecule has 3 rings (SSSR count). The first-order valence-electron chi connectivity index (χ1n) is 7.24. The van der Waals surface area contributed by atoms with Gasteiger partial charge in [0.1, 0.15) is 17.2 Å². The zero-order valence-electron chi connectivity index (χ0n) is 13.0. The van der Waals surface area contributed by atoms with E-state index in [0.717, 1.165) is 22.9 Å². The third kappa shape index (κ3) is 2.88. The first-order valence-corrected chi connectivity index (χ1v) is 7.24. The molecule has 1 N–H and O–H groups in total. The molecule has 2 aromatic rings. The van der Waals surface area contributed by atoms with Crippen LogP contribution in [0.15, 0.2) is 42.6 Å². The monoisotopic (exact) mass is 297 g/mol. The fourth-order valence-corrected chi connectivity index (χ4v) is 2.61. The zero-order valence-corrected chi connectivity index (χ0v) is 13.0. The molecule has 0 saturated heterocycles. The fourth-order valence-electron chi connectivity index (χ4n) is 2.61. The highest BCUT2D eigenvalue weighted by Gasteiger charge is 2.33. The molecule has 0 unspecified atom stereocenters. The lowest BCUT2D eigenvalue weighted by Gasteiger charge is -2.40. The zero-order chi connectivity index (χ0) is 15.7. The van der Waals surface area contributed by atoms with Gasteiger partial charge in [-0.05, 0) is 38.1 Å². The van der Waals surface area contributed by atoms with Crippen LogP contribution >= 0.6 is 0 Å². The van der Waals surface area contributed by atoms with Crippen molar-refractivity contribution in [3.8, 4) is 5.75 Å². The minimum atomic E-state index is -0.348. The number of fused-ring (bicyclic) bond motifs is 1. The Hall–Kier alpha value is -2.56. The number of nitrogens with one attached hydrogen (secondary N) is 1. The Morgan fingerprint density at radius 2 is 2.14 bits per heavy atom. The third-order valence-electron chi connectivity index (χ3n) is 3.42. The van der Waals surface area contributed by atoms with Crippen molar-refractivity contribution in [1.29, 1.82) is 0 Å². The fraction of sp³-hybridized carbons (Fsp3) is 0.294. The summed E-state index contributed by atoms with van der Waals surface area (Å²) in [4.78, 5) is 17.8. The highest BCUT2D eigenvalue weighted by molar-refractivity contribution is 5.89. The van der Waals surface area contributed by atoms with Gasteiger partial charge in [0.15, 0.2) is 0 Å². The van der Waals surface area contributed by atoms with Crippen LogP contribution in [0.25, 0.3) is 0 Å². The molecule has 1 aliphatic heterocycles. The van der Waals surface area contributed by atoms with Crippen molar-refractivity contribution in [2.24, 2.45) is 0 Å². The second-order valence-electron chi connectivity index (χ2n) is 6.00. The van der Waals surface area contributed by atoms with Crippen LogP contribution in [0.1, 0.15) is 20.8 Å². The van der Waals surface area contributed by atoms with Crippen molar-refractivity contribution < 1.29 is 9.53 Å². The van der Waals surface area contributed by atoms with E-state index < -0.39 is 0 Å². The van der Waals surface area contributed by atoms with Gasteiger partial charge in [-0.15, -0.1) is 0 Å². The van der Waals surface area contributed by atoms with Crippen LogP contribution in [0.5, 0.6) is 5.75 Å². The van der Waals surface area contributed by atoms with Crippen molar-refractivity contribution in [2.75, 3.05) is 16.8 Å². The Kier molecular flexibility index (Phi) is 3.48. The van der Waals surface area contributed by atoms with Crippen LogP contribution in [0.3, 0.4) is 0 Å². The number of hydrogen-bond acceptors (Lipinski definition) is 4. The lowest BCUT2D eigenvalue weighted by Crippen LogP contribution is -2.45. The molecule has 0 spiro atoms. The first-order chi connectivity index (χ1) is 10.4. The average Bonchev–Trinajstić information content (AvgIpc) is 2.45. The molecule has 0 bridgehead atoms. The van der Waals surface area contributed by atoms with E-state index in [1.54, 1.807) is 6.20 Å². The molecule has 0 atom stereocenters. The van der Waals surface area contributed by atoms with Gasteiger partial charge in [-0.25, -0.2) is 4.98 Å². The highest BCUT2D eigenvalue weighted by atomic mass is 16.5. The summed E-state index contributed by atoms with van der Waals surface area (Å²) in [6.45, 7) is 6.27. The highest BCUT2D eigenvalue weighted by Crippen LogP contribution is 2.41. The second-order valence-corrected chi connectivity index (χ2v) is 6.00. The van der Waals surface area contributed by atoms with Gasteiger partial charge in [0.2, 0.25) is 5.91 Å². The molecule has 0 aliphatic carbocycles. The summed E-state index contributed by atoms with van der Waals surface area (Å²) >= 11 is 0. The van der Waals surface area contributed by atoms with Crippen molar-refractivity contribution in [1.82, 2.24) is 4.98 Å². The summed E-state index contributed by atoms with van der Waals surface area (Å²) in [5, 5.41) is 2.78. The number of amides is 1. The Balaban J connectivity index is 2.04. The maximum Gasteiger partial charge on any atom is 0.221 e. The molecular formula is C17H19N3O2. The van der Waals surface area contributed by atoms with E-state index in [1.807, 2.05) is 50.2 Å². The Bertz CT molecular complexity index is 698. The predicted molar refractivity (Wildman–Crippen MR) is 86.7 cm³/mol. The minimum absolute atomic E-state index is 0.100. The number of hydrogen-bond donors (Lipinski definition) is 1. The molecule has 5 heteroatoms. The van der Waals surface area contributed by atoms with Gasteiger partial charge in [-0.1, -0.05) is 6.07 Å². The number of carbonyl (C=O) groups is 1. The summed E-state index contributed by atoms with van der Waals surface area (Å²) in [5.74, 6) is 1.53. The van der Waals surface area contributed by atoms with Crippen LogP contribution < -0.4 is 15.0 Å². The minimum Gasteiger partial charge on any atom is -0.484 e. The summed E-state index contributed by atoms with van der Waals surface area (Å²) < 4.78 is 6.07. The number of nitrogens with zero attached hydrogens (tertiary/aromatic N) is 2. The summed E-state index contributed by atoms with van der Waals surface area (Å²) in [5.41, 5.74) is 1.33. The average molecular weight is 297 g/mol. The standard InChI is InChI=1S/C17H19N3O2/c1-12(21)19-13-7-8-14-15(10-13)22-17(2,3)11-20(14)16-6-4-5-9-18-16/h4-10H,11H2,1-3H3,(H,19,21). The van der Waals surface area contributed by atoms with Gasteiger partial charge >= 0.3 is 0 Å². The van der Waals surface area contributed by atoms with E-state index in [-0.39, 0.29) is 11.5 Å². The molecule has 5 nitrogen and oxygen atoms in total. The van der Waals surface area contributed by atoms with E-state index in [1.165, 1.54) is 6.92 Å². The Morgan fingerprint density at radius 1 is 1.32 bits per heavy atom. The number of anilines is 3. The number of aromatic nitrogens is 1. The smallest absolute Gasteiger partial charge is 0.221 e. The molecular weight excluding hydrogens is 278 g/mol. The predicted octanol–water partition coefficient (Wildman–Crippen LogP) is 3.35. The van der Waals surface area contributed by atoms with Crippen LogP contribution in [-0.4, -0.2) is 23.0 Å². The van der Waals surface area contributed by atoms with Crippen LogP contribution in [0.4, 0.5) is 17.2 Å². The molecule has 0 fully saturated rings. The number of pyridine rings is 1. The SMILES string of the molecule is CC(=O)Nc1ccc2c(c1)OC(C)(C)CN2c1ccccn1. The van der Waals surface area contributed by atoms with Crippen molar-refractivity contribution >= 4 is 23.1 Å². The molecule has 22 heavy (non-hydrogen) atoms. The van der Waals surface area contributed by atoms with E-state index >= 15 is 0 Å². The lowest BCUT2D eigenvalue weighted by atomic mass is 10.0. The largest absolute Gasteiger partial charge is 0.484 e. The van der Waals surface area contributed by atoms with Crippen LogP contribution in [0.2, 0.25) is 0 Å². The van der Waals surface area contributed by atoms with Crippen molar-refractivity contribution in [3.63, 3.8) is 0 Å². The molecule has 0 saturated carbocycles. The van der Waals surface area contributed by atoms with E-state index in [9.17, 15) is 4.79 Å². The number of benzene rings is 1. The van der Waals surface area contributed by atoms with Gasteiger partial charge in [-0.2, -0.15) is 0 Å². The van der Waals surface area contributed by atoms with Gasteiger partial charge in [-0.3, -0.25) is 4.79 Å². The normalized spacial score (nSPS) is 15.7.